The number of aryl methyl sites for hydroxylation is 1. The first-order valence-electron chi connectivity index (χ1n) is 7.00. The Kier molecular flexibility index (Phi) is 5.31. The second-order valence-corrected chi connectivity index (χ2v) is 6.52. The van der Waals surface area contributed by atoms with Gasteiger partial charge in [0.25, 0.3) is 0 Å². The van der Waals surface area contributed by atoms with Crippen LogP contribution in [0.1, 0.15) is 18.4 Å². The number of rotatable bonds is 5. The summed E-state index contributed by atoms with van der Waals surface area (Å²) in [6.45, 7) is 2.76. The number of nitrogens with one attached hydrogen (secondary N) is 1. The van der Waals surface area contributed by atoms with Crippen molar-refractivity contribution >= 4 is 29.0 Å². The van der Waals surface area contributed by atoms with Gasteiger partial charge in [-0.3, -0.25) is 4.79 Å². The van der Waals surface area contributed by atoms with Gasteiger partial charge in [0.1, 0.15) is 0 Å². The molecule has 2 rings (SSSR count). The van der Waals surface area contributed by atoms with Gasteiger partial charge in [0.05, 0.1) is 0 Å². The Morgan fingerprint density at radius 3 is 3.00 bits per heavy atom. The third kappa shape index (κ3) is 4.15. The molecule has 1 amide bonds. The van der Waals surface area contributed by atoms with Crippen LogP contribution in [0.3, 0.4) is 0 Å². The smallest absolute Gasteiger partial charge is 0.225 e. The lowest BCUT2D eigenvalue weighted by atomic mass is 10.1. The van der Waals surface area contributed by atoms with Gasteiger partial charge in [-0.2, -0.15) is 11.8 Å². The van der Waals surface area contributed by atoms with E-state index in [0.29, 0.717) is 12.5 Å². The SMILES string of the molecule is Cc1cc(N)ccc1NC(=O)CCN(C)C1CCSC1. The third-order valence-corrected chi connectivity index (χ3v) is 4.89. The number of thioether (sulfide) groups is 1. The highest BCUT2D eigenvalue weighted by atomic mass is 32.2. The van der Waals surface area contributed by atoms with E-state index in [1.54, 1.807) is 0 Å². The van der Waals surface area contributed by atoms with Crippen molar-refractivity contribution in [2.75, 3.05) is 36.1 Å². The zero-order valence-corrected chi connectivity index (χ0v) is 13.0. The van der Waals surface area contributed by atoms with E-state index in [-0.39, 0.29) is 5.91 Å². The second-order valence-electron chi connectivity index (χ2n) is 5.37. The van der Waals surface area contributed by atoms with Crippen LogP contribution < -0.4 is 11.1 Å². The molecule has 4 nitrogen and oxygen atoms in total. The number of hydrogen-bond donors (Lipinski definition) is 2. The summed E-state index contributed by atoms with van der Waals surface area (Å²) in [6, 6.07) is 6.17. The predicted molar refractivity (Wildman–Crippen MR) is 87.2 cm³/mol. The molecule has 1 aromatic rings. The van der Waals surface area contributed by atoms with Gasteiger partial charge in [0, 0.05) is 36.1 Å². The molecule has 1 aliphatic heterocycles. The summed E-state index contributed by atoms with van der Waals surface area (Å²) < 4.78 is 0. The molecule has 1 atom stereocenters. The fourth-order valence-corrected chi connectivity index (χ4v) is 3.67. The van der Waals surface area contributed by atoms with Gasteiger partial charge in [-0.25, -0.2) is 0 Å². The van der Waals surface area contributed by atoms with Crippen molar-refractivity contribution < 1.29 is 4.79 Å². The van der Waals surface area contributed by atoms with E-state index in [1.165, 1.54) is 17.9 Å². The Bertz CT molecular complexity index is 472. The molecule has 1 fully saturated rings. The minimum absolute atomic E-state index is 0.0652. The predicted octanol–water partition coefficient (Wildman–Crippen LogP) is 2.34. The molecular formula is C15H23N3OS. The van der Waals surface area contributed by atoms with Gasteiger partial charge in [0.15, 0.2) is 0 Å². The highest BCUT2D eigenvalue weighted by Crippen LogP contribution is 2.21. The van der Waals surface area contributed by atoms with E-state index in [1.807, 2.05) is 36.9 Å². The molecule has 5 heteroatoms. The van der Waals surface area contributed by atoms with Crippen LogP contribution in [0.25, 0.3) is 0 Å². The molecule has 3 N–H and O–H groups in total. The number of carbonyl (C=O) groups excluding carboxylic acids is 1. The molecule has 0 spiro atoms. The summed E-state index contributed by atoms with van der Waals surface area (Å²) in [5.41, 5.74) is 8.28. The summed E-state index contributed by atoms with van der Waals surface area (Å²) >= 11 is 2.00. The summed E-state index contributed by atoms with van der Waals surface area (Å²) in [5.74, 6) is 2.50. The molecule has 0 aromatic heterocycles. The second kappa shape index (κ2) is 6.99. The maximum absolute atomic E-state index is 12.0. The number of nitrogens with zero attached hydrogens (tertiary/aromatic N) is 1. The standard InChI is InChI=1S/C15H23N3OS/c1-11-9-12(16)3-4-14(11)17-15(19)5-7-18(2)13-6-8-20-10-13/h3-4,9,13H,5-8,10,16H2,1-2H3,(H,17,19). The van der Waals surface area contributed by atoms with Gasteiger partial charge in [0.2, 0.25) is 5.91 Å². The van der Waals surface area contributed by atoms with Crippen LogP contribution in [-0.4, -0.2) is 41.9 Å². The van der Waals surface area contributed by atoms with E-state index in [0.717, 1.165) is 23.5 Å². The van der Waals surface area contributed by atoms with Crippen molar-refractivity contribution in [3.05, 3.63) is 23.8 Å². The molecule has 20 heavy (non-hydrogen) atoms. The van der Waals surface area contributed by atoms with Crippen molar-refractivity contribution in [1.82, 2.24) is 4.90 Å². The maximum atomic E-state index is 12.0. The Morgan fingerprint density at radius 2 is 2.35 bits per heavy atom. The third-order valence-electron chi connectivity index (χ3n) is 3.75. The molecule has 0 radical (unpaired) electrons. The largest absolute Gasteiger partial charge is 0.399 e. The van der Waals surface area contributed by atoms with Gasteiger partial charge in [-0.1, -0.05) is 0 Å². The van der Waals surface area contributed by atoms with Crippen molar-refractivity contribution in [3.63, 3.8) is 0 Å². The monoisotopic (exact) mass is 293 g/mol. The highest BCUT2D eigenvalue weighted by Gasteiger charge is 2.20. The van der Waals surface area contributed by atoms with Gasteiger partial charge in [-0.15, -0.1) is 0 Å². The average molecular weight is 293 g/mol. The fraction of sp³-hybridized carbons (Fsp3) is 0.533. The van der Waals surface area contributed by atoms with E-state index >= 15 is 0 Å². The number of hydrogen-bond acceptors (Lipinski definition) is 4. The normalized spacial score (nSPS) is 18.4. The lowest BCUT2D eigenvalue weighted by Gasteiger charge is -2.23. The van der Waals surface area contributed by atoms with Crippen LogP contribution in [0.5, 0.6) is 0 Å². The zero-order valence-electron chi connectivity index (χ0n) is 12.2. The minimum Gasteiger partial charge on any atom is -0.399 e. The summed E-state index contributed by atoms with van der Waals surface area (Å²) in [7, 11) is 2.11. The fourth-order valence-electron chi connectivity index (χ4n) is 2.37. The number of benzene rings is 1. The van der Waals surface area contributed by atoms with Crippen LogP contribution in [-0.2, 0) is 4.79 Å². The van der Waals surface area contributed by atoms with Crippen molar-refractivity contribution in [3.8, 4) is 0 Å². The van der Waals surface area contributed by atoms with Crippen molar-refractivity contribution in [1.29, 1.82) is 0 Å². The molecule has 1 unspecified atom stereocenters. The van der Waals surface area contributed by atoms with E-state index in [2.05, 4.69) is 17.3 Å². The molecule has 1 aliphatic rings. The average Bonchev–Trinajstić information content (AvgIpc) is 2.93. The summed E-state index contributed by atoms with van der Waals surface area (Å²) in [5, 5.41) is 2.96. The van der Waals surface area contributed by atoms with Crippen LogP contribution in [0, 0.1) is 6.92 Å². The molecule has 1 heterocycles. The van der Waals surface area contributed by atoms with E-state index < -0.39 is 0 Å². The summed E-state index contributed by atoms with van der Waals surface area (Å²) in [4.78, 5) is 14.3. The lowest BCUT2D eigenvalue weighted by molar-refractivity contribution is -0.116. The van der Waals surface area contributed by atoms with Crippen LogP contribution in [0.15, 0.2) is 18.2 Å². The van der Waals surface area contributed by atoms with E-state index in [4.69, 9.17) is 5.73 Å². The molecule has 0 saturated carbocycles. The van der Waals surface area contributed by atoms with Crippen LogP contribution in [0.4, 0.5) is 11.4 Å². The quantitative estimate of drug-likeness (QED) is 0.818. The highest BCUT2D eigenvalue weighted by molar-refractivity contribution is 7.99. The Labute approximate surface area is 125 Å². The Balaban J connectivity index is 1.80. The summed E-state index contributed by atoms with van der Waals surface area (Å²) in [6.07, 6.45) is 1.77. The van der Waals surface area contributed by atoms with Gasteiger partial charge in [-0.05, 0) is 49.9 Å². The molecule has 0 bridgehead atoms. The Morgan fingerprint density at radius 1 is 1.55 bits per heavy atom. The number of nitrogens with two attached hydrogens (primary N) is 1. The number of anilines is 2. The van der Waals surface area contributed by atoms with Crippen LogP contribution >= 0.6 is 11.8 Å². The molecule has 1 aromatic carbocycles. The van der Waals surface area contributed by atoms with Crippen molar-refractivity contribution in [2.24, 2.45) is 0 Å². The first-order chi connectivity index (χ1) is 9.56. The Hall–Kier alpha value is -1.20. The molecule has 1 saturated heterocycles. The minimum atomic E-state index is 0.0652. The topological polar surface area (TPSA) is 58.4 Å². The zero-order chi connectivity index (χ0) is 14.5. The van der Waals surface area contributed by atoms with E-state index in [9.17, 15) is 4.79 Å². The number of nitrogen functional groups attached to an aromatic ring is 1. The molecule has 0 aliphatic carbocycles. The molecule has 110 valence electrons. The molecular weight excluding hydrogens is 270 g/mol. The van der Waals surface area contributed by atoms with Gasteiger partial charge < -0.3 is 16.0 Å². The first-order valence-corrected chi connectivity index (χ1v) is 8.15. The first kappa shape index (κ1) is 15.2. The number of amides is 1. The van der Waals surface area contributed by atoms with Crippen molar-refractivity contribution in [2.45, 2.75) is 25.8 Å². The van der Waals surface area contributed by atoms with Crippen LogP contribution in [0.2, 0.25) is 0 Å². The van der Waals surface area contributed by atoms with Gasteiger partial charge >= 0.3 is 0 Å². The number of carbonyl (C=O) groups is 1. The lowest BCUT2D eigenvalue weighted by Crippen LogP contribution is -2.34. The maximum Gasteiger partial charge on any atom is 0.225 e.